The van der Waals surface area contributed by atoms with Crippen molar-refractivity contribution < 1.29 is 9.53 Å². The number of hydrogen-bond donors (Lipinski definition) is 0. The van der Waals surface area contributed by atoms with Gasteiger partial charge < -0.3 is 4.74 Å². The van der Waals surface area contributed by atoms with Crippen LogP contribution in [0.4, 0.5) is 0 Å². The normalized spacial score (nSPS) is 11.8. The van der Waals surface area contributed by atoms with Gasteiger partial charge in [-0.15, -0.1) is 0 Å². The molecule has 3 aromatic rings. The van der Waals surface area contributed by atoms with Crippen molar-refractivity contribution in [3.8, 4) is 5.75 Å². The molecular weight excluding hydrogens is 320 g/mol. The molecule has 2 nitrogen and oxygen atoms in total. The van der Waals surface area contributed by atoms with E-state index in [0.29, 0.717) is 13.0 Å². The van der Waals surface area contributed by atoms with Crippen LogP contribution in [0.3, 0.4) is 0 Å². The fourth-order valence-corrected chi connectivity index (χ4v) is 3.19. The summed E-state index contributed by atoms with van der Waals surface area (Å²) in [5, 5.41) is 0. The summed E-state index contributed by atoms with van der Waals surface area (Å²) < 4.78 is 6.15. The number of carbonyl (C=O) groups excluding carboxylic acids is 1. The van der Waals surface area contributed by atoms with Gasteiger partial charge in [0.1, 0.15) is 18.1 Å². The van der Waals surface area contributed by atoms with Crippen molar-refractivity contribution in [2.75, 3.05) is 0 Å². The number of aryl methyl sites for hydroxylation is 1. The maximum absolute atomic E-state index is 11.9. The molecule has 2 heteroatoms. The number of ether oxygens (including phenoxy) is 1. The highest BCUT2D eigenvalue weighted by atomic mass is 16.5. The van der Waals surface area contributed by atoms with Crippen molar-refractivity contribution in [2.45, 2.75) is 32.8 Å². The average molecular weight is 344 g/mol. The van der Waals surface area contributed by atoms with E-state index in [0.717, 1.165) is 28.0 Å². The van der Waals surface area contributed by atoms with Crippen LogP contribution in [0.15, 0.2) is 78.9 Å². The molecule has 0 fully saturated rings. The minimum Gasteiger partial charge on any atom is -0.489 e. The van der Waals surface area contributed by atoms with Crippen LogP contribution < -0.4 is 4.74 Å². The first-order valence-electron chi connectivity index (χ1n) is 8.95. The molecule has 0 aliphatic rings. The van der Waals surface area contributed by atoms with Gasteiger partial charge in [0.05, 0.1) is 0 Å². The Kier molecular flexibility index (Phi) is 5.85. The highest BCUT2D eigenvalue weighted by molar-refractivity contribution is 5.77. The minimum absolute atomic E-state index is 0.000580. The molecule has 0 bridgehead atoms. The lowest BCUT2D eigenvalue weighted by atomic mass is 9.86. The summed E-state index contributed by atoms with van der Waals surface area (Å²) in [5.41, 5.74) is 4.50. The molecule has 0 radical (unpaired) electrons. The number of Topliss-reactive ketones (excluding diaryl/α,β-unsaturated/α-hetero) is 1. The van der Waals surface area contributed by atoms with Crippen molar-refractivity contribution in [1.82, 2.24) is 0 Å². The van der Waals surface area contributed by atoms with Crippen molar-refractivity contribution in [3.05, 3.63) is 101 Å². The molecule has 132 valence electrons. The average Bonchev–Trinajstić information content (AvgIpc) is 2.66. The molecule has 0 spiro atoms. The number of hydrogen-bond acceptors (Lipinski definition) is 2. The Labute approximate surface area is 155 Å². The van der Waals surface area contributed by atoms with Gasteiger partial charge in [0.25, 0.3) is 0 Å². The lowest BCUT2D eigenvalue weighted by Gasteiger charge is -2.21. The second-order valence-corrected chi connectivity index (χ2v) is 6.68. The van der Waals surface area contributed by atoms with Gasteiger partial charge in [-0.2, -0.15) is 0 Å². The Morgan fingerprint density at radius 2 is 1.58 bits per heavy atom. The Morgan fingerprint density at radius 3 is 2.23 bits per heavy atom. The van der Waals surface area contributed by atoms with E-state index in [2.05, 4.69) is 43.3 Å². The van der Waals surface area contributed by atoms with E-state index < -0.39 is 0 Å². The van der Waals surface area contributed by atoms with E-state index in [-0.39, 0.29) is 11.7 Å². The van der Waals surface area contributed by atoms with Crippen LogP contribution in [0, 0.1) is 6.92 Å². The largest absolute Gasteiger partial charge is 0.489 e. The molecule has 26 heavy (non-hydrogen) atoms. The third-order valence-corrected chi connectivity index (χ3v) is 4.47. The van der Waals surface area contributed by atoms with Gasteiger partial charge >= 0.3 is 0 Å². The summed E-state index contributed by atoms with van der Waals surface area (Å²) in [7, 11) is 0. The molecule has 0 aliphatic carbocycles. The third-order valence-electron chi connectivity index (χ3n) is 4.47. The second kappa shape index (κ2) is 8.48. The zero-order chi connectivity index (χ0) is 18.4. The summed E-state index contributed by atoms with van der Waals surface area (Å²) >= 11 is 0. The fraction of sp³-hybridized carbons (Fsp3) is 0.208. The number of carbonyl (C=O) groups is 1. The highest BCUT2D eigenvalue weighted by Crippen LogP contribution is 2.35. The molecule has 3 aromatic carbocycles. The molecule has 0 N–H and O–H groups in total. The van der Waals surface area contributed by atoms with Crippen LogP contribution in [0.5, 0.6) is 5.75 Å². The van der Waals surface area contributed by atoms with Crippen molar-refractivity contribution in [2.24, 2.45) is 0 Å². The number of rotatable bonds is 7. The van der Waals surface area contributed by atoms with Crippen LogP contribution >= 0.6 is 0 Å². The zero-order valence-corrected chi connectivity index (χ0v) is 15.3. The molecule has 1 unspecified atom stereocenters. The summed E-state index contributed by atoms with van der Waals surface area (Å²) in [4.78, 5) is 11.9. The Balaban J connectivity index is 1.95. The summed E-state index contributed by atoms with van der Waals surface area (Å²) in [6.07, 6.45) is 0.467. The monoisotopic (exact) mass is 344 g/mol. The van der Waals surface area contributed by atoms with Gasteiger partial charge in [-0.25, -0.2) is 0 Å². The molecule has 0 aliphatic heterocycles. The lowest BCUT2D eigenvalue weighted by Crippen LogP contribution is -2.09. The number of benzene rings is 3. The van der Waals surface area contributed by atoms with Crippen LogP contribution in [-0.2, 0) is 11.4 Å². The van der Waals surface area contributed by atoms with E-state index in [9.17, 15) is 4.79 Å². The fourth-order valence-electron chi connectivity index (χ4n) is 3.19. The summed E-state index contributed by atoms with van der Waals surface area (Å²) in [6.45, 7) is 4.23. The van der Waals surface area contributed by atoms with Gasteiger partial charge in [0.15, 0.2) is 0 Å². The molecule has 0 amide bonds. The van der Waals surface area contributed by atoms with Crippen molar-refractivity contribution in [1.29, 1.82) is 0 Å². The first kappa shape index (κ1) is 17.9. The first-order chi connectivity index (χ1) is 12.6. The smallest absolute Gasteiger partial charge is 0.130 e. The topological polar surface area (TPSA) is 26.3 Å². The summed E-state index contributed by atoms with van der Waals surface area (Å²) in [6, 6.07) is 26.5. The Morgan fingerprint density at radius 1 is 0.923 bits per heavy atom. The molecule has 0 heterocycles. The number of ketones is 1. The maximum atomic E-state index is 11.9. The van der Waals surface area contributed by atoms with E-state index in [1.54, 1.807) is 6.92 Å². The lowest BCUT2D eigenvalue weighted by molar-refractivity contribution is -0.117. The van der Waals surface area contributed by atoms with Gasteiger partial charge in [-0.1, -0.05) is 78.4 Å². The molecule has 3 rings (SSSR count). The SMILES string of the molecule is CC(=O)CC(c1ccccc1)c1cc(C)ccc1OCc1ccccc1. The van der Waals surface area contributed by atoms with Crippen LogP contribution in [-0.4, -0.2) is 5.78 Å². The van der Waals surface area contributed by atoms with Gasteiger partial charge in [0, 0.05) is 17.9 Å². The van der Waals surface area contributed by atoms with Crippen LogP contribution in [0.25, 0.3) is 0 Å². The van der Waals surface area contributed by atoms with Gasteiger partial charge in [0.2, 0.25) is 0 Å². The Hall–Kier alpha value is -2.87. The van der Waals surface area contributed by atoms with E-state index in [1.807, 2.05) is 42.5 Å². The zero-order valence-electron chi connectivity index (χ0n) is 15.3. The van der Waals surface area contributed by atoms with E-state index >= 15 is 0 Å². The highest BCUT2D eigenvalue weighted by Gasteiger charge is 2.20. The third kappa shape index (κ3) is 4.60. The van der Waals surface area contributed by atoms with Gasteiger partial charge in [-0.05, 0) is 31.0 Å². The molecule has 0 aromatic heterocycles. The summed E-state index contributed by atoms with van der Waals surface area (Å²) in [5.74, 6) is 1.02. The predicted molar refractivity (Wildman–Crippen MR) is 106 cm³/mol. The predicted octanol–water partition coefficient (Wildman–Crippen LogP) is 5.69. The molecule has 1 atom stereocenters. The van der Waals surface area contributed by atoms with Crippen molar-refractivity contribution in [3.63, 3.8) is 0 Å². The quantitative estimate of drug-likeness (QED) is 0.551. The van der Waals surface area contributed by atoms with E-state index in [1.165, 1.54) is 0 Å². The molecular formula is C24H24O2. The maximum Gasteiger partial charge on any atom is 0.130 e. The first-order valence-corrected chi connectivity index (χ1v) is 8.95. The van der Waals surface area contributed by atoms with Crippen molar-refractivity contribution >= 4 is 5.78 Å². The standard InChI is InChI=1S/C24H24O2/c1-18-13-14-24(26-17-20-9-5-3-6-10-20)23(15-18)22(16-19(2)25)21-11-7-4-8-12-21/h3-15,22H,16-17H2,1-2H3. The Bertz CT molecular complexity index is 854. The molecule has 0 saturated carbocycles. The minimum atomic E-state index is -0.000580. The van der Waals surface area contributed by atoms with Gasteiger partial charge in [-0.3, -0.25) is 4.79 Å². The van der Waals surface area contributed by atoms with Crippen LogP contribution in [0.1, 0.15) is 41.5 Å². The van der Waals surface area contributed by atoms with Crippen LogP contribution in [0.2, 0.25) is 0 Å². The van der Waals surface area contributed by atoms with E-state index in [4.69, 9.17) is 4.74 Å². The second-order valence-electron chi connectivity index (χ2n) is 6.68. The molecule has 0 saturated heterocycles.